The van der Waals surface area contributed by atoms with E-state index >= 15 is 0 Å². The van der Waals surface area contributed by atoms with Crippen molar-refractivity contribution >= 4 is 79.3 Å². The number of nitrogens with zero attached hydrogens (tertiary/aromatic N) is 8. The van der Waals surface area contributed by atoms with Gasteiger partial charge in [-0.1, -0.05) is 97.1 Å². The minimum absolute atomic E-state index is 0. The van der Waals surface area contributed by atoms with Gasteiger partial charge in [-0.05, 0) is 95.1 Å². The van der Waals surface area contributed by atoms with Crippen LogP contribution < -0.4 is 9.80 Å². The molecule has 6 heterocycles. The van der Waals surface area contributed by atoms with Gasteiger partial charge in [-0.2, -0.15) is 0 Å². The van der Waals surface area contributed by atoms with E-state index in [0.717, 1.165) is 77.3 Å². The molecule has 0 aliphatic heterocycles. The Bertz CT molecular complexity index is 2820. The molecule has 8 nitrogen and oxygen atoms in total. The number of rotatable bonds is 7. The molecule has 0 amide bonds. The second kappa shape index (κ2) is 20.9. The van der Waals surface area contributed by atoms with Crippen LogP contribution in [0, 0.1) is 0 Å². The molecule has 4 aromatic carbocycles. The van der Waals surface area contributed by atoms with Crippen LogP contribution in [0.1, 0.15) is 22.3 Å². The maximum atomic E-state index is 4.55. The van der Waals surface area contributed by atoms with E-state index in [0.29, 0.717) is 0 Å². The van der Waals surface area contributed by atoms with Crippen LogP contribution in [0.15, 0.2) is 183 Å². The van der Waals surface area contributed by atoms with Crippen molar-refractivity contribution < 1.29 is 19.5 Å². The molecule has 0 spiro atoms. The summed E-state index contributed by atoms with van der Waals surface area (Å²) in [5, 5.41) is 4.55. The maximum Gasteiger partial charge on any atom is 0.0964 e. The molecular formula is C54H46N8Ru. The van der Waals surface area contributed by atoms with Gasteiger partial charge >= 0.3 is 0 Å². The Morgan fingerprint density at radius 3 is 0.921 bits per heavy atom. The molecule has 0 saturated heterocycles. The van der Waals surface area contributed by atoms with Crippen molar-refractivity contribution in [1.29, 1.82) is 0 Å². The summed E-state index contributed by atoms with van der Waals surface area (Å²) in [6.07, 6.45) is 19.3. The van der Waals surface area contributed by atoms with E-state index in [1.807, 2.05) is 77.0 Å². The fraction of sp³-hybridized carbons (Fsp3) is 0.0741. The monoisotopic (exact) mass is 908 g/mol. The Morgan fingerprint density at radius 2 is 0.619 bits per heavy atom. The third kappa shape index (κ3) is 11.1. The van der Waals surface area contributed by atoms with E-state index in [1.165, 1.54) is 11.4 Å². The van der Waals surface area contributed by atoms with Crippen molar-refractivity contribution in [1.82, 2.24) is 29.9 Å². The average molecular weight is 908 g/mol. The van der Waals surface area contributed by atoms with Crippen LogP contribution in [0.5, 0.6) is 0 Å². The van der Waals surface area contributed by atoms with Crippen LogP contribution in [-0.4, -0.2) is 58.1 Å². The molecule has 0 unspecified atom stereocenters. The molecule has 10 aromatic rings. The summed E-state index contributed by atoms with van der Waals surface area (Å²) >= 11 is 0. The average Bonchev–Trinajstić information content (AvgIpc) is 3.33. The van der Waals surface area contributed by atoms with Crippen molar-refractivity contribution in [3.8, 4) is 11.4 Å². The third-order valence-electron chi connectivity index (χ3n) is 10.3. The molecule has 0 atom stereocenters. The van der Waals surface area contributed by atoms with Gasteiger partial charge in [0.15, 0.2) is 0 Å². The summed E-state index contributed by atoms with van der Waals surface area (Å²) in [5.41, 5.74) is 12.5. The predicted molar refractivity (Wildman–Crippen MR) is 261 cm³/mol. The molecule has 0 aliphatic carbocycles. The number of aromatic nitrogens is 6. The number of pyridine rings is 6. The van der Waals surface area contributed by atoms with Crippen molar-refractivity contribution in [3.05, 3.63) is 205 Å². The topological polar surface area (TPSA) is 83.8 Å². The summed E-state index contributed by atoms with van der Waals surface area (Å²) in [6, 6.07) is 49.4. The fourth-order valence-electron chi connectivity index (χ4n) is 6.89. The van der Waals surface area contributed by atoms with Gasteiger partial charge in [0, 0.05) is 118 Å². The molecule has 0 fully saturated rings. The quantitative estimate of drug-likeness (QED) is 0.115. The van der Waals surface area contributed by atoms with Crippen molar-refractivity contribution in [2.45, 2.75) is 0 Å². The Kier molecular flexibility index (Phi) is 14.4. The van der Waals surface area contributed by atoms with Crippen LogP contribution >= 0.6 is 0 Å². The predicted octanol–water partition coefficient (Wildman–Crippen LogP) is 12.2. The summed E-state index contributed by atoms with van der Waals surface area (Å²) in [6.45, 7) is 0. The van der Waals surface area contributed by atoms with Gasteiger partial charge in [0.2, 0.25) is 0 Å². The first-order chi connectivity index (χ1) is 30.4. The van der Waals surface area contributed by atoms with Gasteiger partial charge in [-0.25, -0.2) is 0 Å². The minimum atomic E-state index is 0. The molecule has 63 heavy (non-hydrogen) atoms. The van der Waals surface area contributed by atoms with Gasteiger partial charge in [-0.3, -0.25) is 29.9 Å². The van der Waals surface area contributed by atoms with Gasteiger partial charge in [0.1, 0.15) is 0 Å². The van der Waals surface area contributed by atoms with Crippen molar-refractivity contribution in [2.75, 3.05) is 38.0 Å². The first-order valence-corrected chi connectivity index (χ1v) is 20.4. The molecular weight excluding hydrogens is 862 g/mol. The fourth-order valence-corrected chi connectivity index (χ4v) is 6.89. The standard InChI is InChI=1S/C30H30N4.2C12H8N2.Ru/c1-33(2)27-13-9-23(10-14-27)5-7-25-17-19-31-29(21-25)30-22-26(18-20-32-30)8-6-24-11-15-28(16-12-24)34(3)4;2*1-3-9-5-6-10-4-2-8-14-12(10)11(9)13-7-1;/h5-22H,1-4H3;2*1-8H;/b7-5+,8-6+;;;. The summed E-state index contributed by atoms with van der Waals surface area (Å²) in [5.74, 6) is 0. The molecule has 10 rings (SSSR count). The third-order valence-corrected chi connectivity index (χ3v) is 10.3. The number of anilines is 2. The van der Waals surface area contributed by atoms with Crippen molar-refractivity contribution in [2.24, 2.45) is 0 Å². The Labute approximate surface area is 381 Å². The second-order valence-corrected chi connectivity index (χ2v) is 15.0. The van der Waals surface area contributed by atoms with Gasteiger partial charge in [-0.15, -0.1) is 0 Å². The number of hydrogen-bond donors (Lipinski definition) is 0. The first-order valence-electron chi connectivity index (χ1n) is 20.4. The van der Waals surface area contributed by atoms with Crippen molar-refractivity contribution in [3.63, 3.8) is 0 Å². The van der Waals surface area contributed by atoms with Crippen LogP contribution in [0.2, 0.25) is 0 Å². The Hall–Kier alpha value is -7.48. The van der Waals surface area contributed by atoms with Gasteiger partial charge in [0.05, 0.1) is 33.5 Å². The molecule has 9 heteroatoms. The Balaban J connectivity index is 0.000000166. The normalized spacial score (nSPS) is 10.9. The van der Waals surface area contributed by atoms with Gasteiger partial charge < -0.3 is 9.80 Å². The zero-order valence-electron chi connectivity index (χ0n) is 35.6. The molecule has 310 valence electrons. The van der Waals surface area contributed by atoms with Crippen LogP contribution in [-0.2, 0) is 19.5 Å². The van der Waals surface area contributed by atoms with E-state index in [1.54, 1.807) is 24.8 Å². The SMILES string of the molecule is CN(C)c1ccc(/C=C/c2ccnc(-c3cc(/C=C/c4ccc(N(C)C)cc4)ccn3)c2)cc1.[Ru].c1cnc2c(c1)ccc1cccnc12.c1cnc2c(c1)ccc1cccnc12. The van der Waals surface area contributed by atoms with Crippen LogP contribution in [0.4, 0.5) is 11.4 Å². The summed E-state index contributed by atoms with van der Waals surface area (Å²) in [7, 11) is 8.19. The second-order valence-electron chi connectivity index (χ2n) is 15.0. The molecule has 0 N–H and O–H groups in total. The molecule has 0 bridgehead atoms. The van der Waals surface area contributed by atoms with E-state index in [-0.39, 0.29) is 19.5 Å². The number of fused-ring (bicyclic) bond motifs is 6. The smallest absolute Gasteiger partial charge is 0.0964 e. The zero-order valence-corrected chi connectivity index (χ0v) is 37.3. The maximum absolute atomic E-state index is 4.55. The molecule has 0 radical (unpaired) electrons. The number of benzene rings is 4. The number of hydrogen-bond acceptors (Lipinski definition) is 8. The van der Waals surface area contributed by atoms with E-state index < -0.39 is 0 Å². The largest absolute Gasteiger partial charge is 0.378 e. The van der Waals surface area contributed by atoms with E-state index in [9.17, 15) is 0 Å². The van der Waals surface area contributed by atoms with Gasteiger partial charge in [0.25, 0.3) is 0 Å². The summed E-state index contributed by atoms with van der Waals surface area (Å²) < 4.78 is 0. The van der Waals surface area contributed by atoms with Crippen LogP contribution in [0.25, 0.3) is 79.3 Å². The summed E-state index contributed by atoms with van der Waals surface area (Å²) in [4.78, 5) is 30.7. The first kappa shape index (κ1) is 43.6. The Morgan fingerprint density at radius 1 is 0.317 bits per heavy atom. The van der Waals surface area contributed by atoms with E-state index in [4.69, 9.17) is 0 Å². The molecule has 6 aromatic heterocycles. The zero-order chi connectivity index (χ0) is 42.7. The minimum Gasteiger partial charge on any atom is -0.378 e. The molecule has 0 aliphatic rings. The van der Waals surface area contributed by atoms with E-state index in [2.05, 4.69) is 173 Å². The van der Waals surface area contributed by atoms with Crippen LogP contribution in [0.3, 0.4) is 0 Å². The molecule has 0 saturated carbocycles.